The van der Waals surface area contributed by atoms with Crippen LogP contribution in [0.3, 0.4) is 0 Å². The number of aromatic nitrogens is 2. The van der Waals surface area contributed by atoms with Gasteiger partial charge in [-0.05, 0) is 43.0 Å². The van der Waals surface area contributed by atoms with Gasteiger partial charge in [0.05, 0.1) is 28.5 Å². The first-order chi connectivity index (χ1) is 14.9. The maximum Gasteiger partial charge on any atom is 0.255 e. The minimum absolute atomic E-state index is 0.0139. The molecule has 1 saturated carbocycles. The van der Waals surface area contributed by atoms with Crippen LogP contribution in [0.4, 0.5) is 5.82 Å². The van der Waals surface area contributed by atoms with Gasteiger partial charge in [0, 0.05) is 25.7 Å². The molecule has 0 bridgehead atoms. The summed E-state index contributed by atoms with van der Waals surface area (Å²) in [5.74, 6) is 1.22. The van der Waals surface area contributed by atoms with E-state index in [4.69, 9.17) is 16.7 Å². The summed E-state index contributed by atoms with van der Waals surface area (Å²) >= 11 is 6.37. The van der Waals surface area contributed by atoms with Gasteiger partial charge in [-0.3, -0.25) is 4.79 Å². The zero-order valence-corrected chi connectivity index (χ0v) is 19.3. The number of carbonyl (C=O) groups is 1. The molecule has 162 valence electrons. The van der Waals surface area contributed by atoms with Gasteiger partial charge in [0.2, 0.25) is 0 Å². The SMILES string of the molecule is CC(C)c1nn(-c2ccccc2)c(N(C)C)c1CN(C(=O)c1ccccc1Cl)C1CC1. The predicted octanol–water partition coefficient (Wildman–Crippen LogP) is 5.52. The second kappa shape index (κ2) is 8.75. The third-order valence-electron chi connectivity index (χ3n) is 5.64. The molecule has 4 rings (SSSR count). The molecule has 6 heteroatoms. The summed E-state index contributed by atoms with van der Waals surface area (Å²) in [6, 6.07) is 17.7. The number of anilines is 1. The second-order valence-corrected chi connectivity index (χ2v) is 9.04. The summed E-state index contributed by atoms with van der Waals surface area (Å²) < 4.78 is 2.00. The normalized spacial score (nSPS) is 13.5. The van der Waals surface area contributed by atoms with Crippen LogP contribution in [0.5, 0.6) is 0 Å². The number of nitrogens with zero attached hydrogens (tertiary/aromatic N) is 4. The Labute approximate surface area is 189 Å². The van der Waals surface area contributed by atoms with E-state index in [0.717, 1.165) is 35.6 Å². The van der Waals surface area contributed by atoms with E-state index in [2.05, 4.69) is 30.9 Å². The van der Waals surface area contributed by atoms with Gasteiger partial charge in [-0.2, -0.15) is 5.10 Å². The highest BCUT2D eigenvalue weighted by atomic mass is 35.5. The van der Waals surface area contributed by atoms with Crippen molar-refractivity contribution in [3.63, 3.8) is 0 Å². The third kappa shape index (κ3) is 4.33. The van der Waals surface area contributed by atoms with Crippen LogP contribution in [-0.2, 0) is 6.54 Å². The standard InChI is InChI=1S/C25H29ClN4O/c1-17(2)23-21(24(28(3)4)30(27-23)19-10-6-5-7-11-19)16-29(18-14-15-18)25(31)20-12-8-9-13-22(20)26/h5-13,17-18H,14-16H2,1-4H3. The van der Waals surface area contributed by atoms with Crippen molar-refractivity contribution in [2.75, 3.05) is 19.0 Å². The Bertz CT molecular complexity index is 1070. The second-order valence-electron chi connectivity index (χ2n) is 8.63. The Kier molecular flexibility index (Phi) is 6.05. The highest BCUT2D eigenvalue weighted by molar-refractivity contribution is 6.33. The van der Waals surface area contributed by atoms with Crippen molar-refractivity contribution in [2.45, 2.75) is 45.2 Å². The Hall–Kier alpha value is -2.79. The molecule has 0 radical (unpaired) electrons. The van der Waals surface area contributed by atoms with E-state index in [9.17, 15) is 4.79 Å². The number of hydrogen-bond donors (Lipinski definition) is 0. The molecular formula is C25H29ClN4O. The average molecular weight is 437 g/mol. The molecule has 0 atom stereocenters. The molecule has 0 saturated heterocycles. The fourth-order valence-corrected chi connectivity index (χ4v) is 4.21. The van der Waals surface area contributed by atoms with Crippen molar-refractivity contribution in [1.29, 1.82) is 0 Å². The lowest BCUT2D eigenvalue weighted by Crippen LogP contribution is -2.33. The first kappa shape index (κ1) is 21.4. The topological polar surface area (TPSA) is 41.4 Å². The zero-order valence-electron chi connectivity index (χ0n) is 18.5. The van der Waals surface area contributed by atoms with Crippen LogP contribution < -0.4 is 4.90 Å². The summed E-state index contributed by atoms with van der Waals surface area (Å²) in [4.78, 5) is 17.6. The van der Waals surface area contributed by atoms with Crippen LogP contribution >= 0.6 is 11.6 Å². The Balaban J connectivity index is 1.80. The molecule has 0 unspecified atom stereocenters. The van der Waals surface area contributed by atoms with E-state index in [0.29, 0.717) is 17.1 Å². The number of carbonyl (C=O) groups excluding carboxylic acids is 1. The zero-order chi connectivity index (χ0) is 22.1. The van der Waals surface area contributed by atoms with E-state index < -0.39 is 0 Å². The Morgan fingerprint density at radius 3 is 2.32 bits per heavy atom. The number of benzene rings is 2. The highest BCUT2D eigenvalue weighted by Gasteiger charge is 2.36. The van der Waals surface area contributed by atoms with Crippen LogP contribution in [0, 0.1) is 0 Å². The summed E-state index contributed by atoms with van der Waals surface area (Å²) in [5.41, 5.74) is 3.68. The van der Waals surface area contributed by atoms with Crippen LogP contribution in [0.25, 0.3) is 5.69 Å². The van der Waals surface area contributed by atoms with Crippen LogP contribution in [-0.4, -0.2) is 40.7 Å². The van der Waals surface area contributed by atoms with Gasteiger partial charge in [0.25, 0.3) is 5.91 Å². The predicted molar refractivity (Wildman–Crippen MR) is 126 cm³/mol. The smallest absolute Gasteiger partial charge is 0.255 e. The van der Waals surface area contributed by atoms with Crippen molar-refractivity contribution in [2.24, 2.45) is 0 Å². The fraction of sp³-hybridized carbons (Fsp3) is 0.360. The maximum atomic E-state index is 13.5. The molecule has 0 aliphatic heterocycles. The fourth-order valence-electron chi connectivity index (χ4n) is 3.99. The quantitative estimate of drug-likeness (QED) is 0.489. The van der Waals surface area contributed by atoms with Crippen molar-refractivity contribution in [3.8, 4) is 5.69 Å². The molecular weight excluding hydrogens is 408 g/mol. The van der Waals surface area contributed by atoms with Gasteiger partial charge in [-0.15, -0.1) is 0 Å². The molecule has 5 nitrogen and oxygen atoms in total. The molecule has 31 heavy (non-hydrogen) atoms. The lowest BCUT2D eigenvalue weighted by atomic mass is 10.0. The van der Waals surface area contributed by atoms with Crippen LogP contribution in [0.1, 0.15) is 54.2 Å². The van der Waals surface area contributed by atoms with Gasteiger partial charge in [-0.1, -0.05) is 55.8 Å². The summed E-state index contributed by atoms with van der Waals surface area (Å²) in [5, 5.41) is 5.49. The molecule has 3 aromatic rings. The van der Waals surface area contributed by atoms with Crippen molar-refractivity contribution >= 4 is 23.3 Å². The molecule has 1 aromatic heterocycles. The molecule has 1 amide bonds. The Morgan fingerprint density at radius 1 is 1.10 bits per heavy atom. The van der Waals surface area contributed by atoms with Crippen LogP contribution in [0.2, 0.25) is 5.02 Å². The van der Waals surface area contributed by atoms with Crippen molar-refractivity contribution in [1.82, 2.24) is 14.7 Å². The summed E-state index contributed by atoms with van der Waals surface area (Å²) in [7, 11) is 4.06. The molecule has 1 aliphatic carbocycles. The Morgan fingerprint density at radius 2 is 1.74 bits per heavy atom. The number of para-hydroxylation sites is 1. The molecule has 1 heterocycles. The third-order valence-corrected chi connectivity index (χ3v) is 5.97. The van der Waals surface area contributed by atoms with Gasteiger partial charge < -0.3 is 9.80 Å². The lowest BCUT2D eigenvalue weighted by Gasteiger charge is -2.25. The van der Waals surface area contributed by atoms with Gasteiger partial charge >= 0.3 is 0 Å². The number of hydrogen-bond acceptors (Lipinski definition) is 3. The number of amides is 1. The van der Waals surface area contributed by atoms with Gasteiger partial charge in [0.1, 0.15) is 5.82 Å². The molecule has 1 aliphatic rings. The minimum atomic E-state index is -0.0139. The largest absolute Gasteiger partial charge is 0.362 e. The van der Waals surface area contributed by atoms with Crippen LogP contribution in [0.15, 0.2) is 54.6 Å². The number of rotatable bonds is 7. The summed E-state index contributed by atoms with van der Waals surface area (Å²) in [6.45, 7) is 4.82. The maximum absolute atomic E-state index is 13.5. The lowest BCUT2D eigenvalue weighted by molar-refractivity contribution is 0.0730. The van der Waals surface area contributed by atoms with E-state index in [1.807, 2.05) is 60.1 Å². The highest BCUT2D eigenvalue weighted by Crippen LogP contribution is 2.36. The molecule has 0 spiro atoms. The van der Waals surface area contributed by atoms with Crippen molar-refractivity contribution < 1.29 is 4.79 Å². The van der Waals surface area contributed by atoms with E-state index in [1.165, 1.54) is 0 Å². The first-order valence-corrected chi connectivity index (χ1v) is 11.2. The van der Waals surface area contributed by atoms with E-state index in [-0.39, 0.29) is 17.9 Å². The molecule has 2 aromatic carbocycles. The summed E-state index contributed by atoms with van der Waals surface area (Å²) in [6.07, 6.45) is 2.05. The van der Waals surface area contributed by atoms with E-state index in [1.54, 1.807) is 6.07 Å². The van der Waals surface area contributed by atoms with Gasteiger partial charge in [-0.25, -0.2) is 4.68 Å². The van der Waals surface area contributed by atoms with Gasteiger partial charge in [0.15, 0.2) is 0 Å². The first-order valence-electron chi connectivity index (χ1n) is 10.8. The molecule has 1 fully saturated rings. The van der Waals surface area contributed by atoms with E-state index >= 15 is 0 Å². The molecule has 0 N–H and O–H groups in total. The number of halogens is 1. The average Bonchev–Trinajstić information content (AvgIpc) is 3.51. The minimum Gasteiger partial charge on any atom is -0.362 e. The monoisotopic (exact) mass is 436 g/mol. The van der Waals surface area contributed by atoms with Crippen molar-refractivity contribution in [3.05, 3.63) is 76.4 Å².